The minimum absolute atomic E-state index is 0.0579. The Bertz CT molecular complexity index is 501. The summed E-state index contributed by atoms with van der Waals surface area (Å²) in [7, 11) is 0. The van der Waals surface area contributed by atoms with Gasteiger partial charge in [-0.05, 0) is 37.3 Å². The second-order valence-corrected chi connectivity index (χ2v) is 7.09. The Kier molecular flexibility index (Phi) is 4.48. The molecule has 0 bridgehead atoms. The molecule has 5 heteroatoms. The van der Waals surface area contributed by atoms with E-state index in [1.807, 2.05) is 0 Å². The number of carbonyl (C=O) groups is 2. The molecule has 0 saturated heterocycles. The van der Waals surface area contributed by atoms with E-state index >= 15 is 0 Å². The van der Waals surface area contributed by atoms with Crippen molar-refractivity contribution in [1.82, 2.24) is 0 Å². The van der Waals surface area contributed by atoms with E-state index in [2.05, 4.69) is 19.2 Å². The molecule has 0 aliphatic heterocycles. The summed E-state index contributed by atoms with van der Waals surface area (Å²) < 4.78 is 0. The van der Waals surface area contributed by atoms with Crippen LogP contribution < -0.4 is 5.32 Å². The maximum Gasteiger partial charge on any atom is 0.345 e. The van der Waals surface area contributed by atoms with Crippen molar-refractivity contribution < 1.29 is 14.7 Å². The van der Waals surface area contributed by atoms with Gasteiger partial charge in [0.15, 0.2) is 0 Å². The summed E-state index contributed by atoms with van der Waals surface area (Å²) in [5, 5.41) is 12.5. The van der Waals surface area contributed by atoms with Crippen LogP contribution in [0.4, 0.5) is 5.00 Å². The van der Waals surface area contributed by atoms with Crippen molar-refractivity contribution in [2.45, 2.75) is 46.0 Å². The van der Waals surface area contributed by atoms with Crippen LogP contribution >= 0.6 is 11.3 Å². The Morgan fingerprint density at radius 1 is 1.35 bits per heavy atom. The highest BCUT2D eigenvalue weighted by Gasteiger charge is 2.41. The van der Waals surface area contributed by atoms with Crippen molar-refractivity contribution in [2.75, 3.05) is 5.32 Å². The first-order valence-corrected chi connectivity index (χ1v) is 7.89. The minimum atomic E-state index is -0.951. The van der Waals surface area contributed by atoms with E-state index in [0.29, 0.717) is 10.9 Å². The van der Waals surface area contributed by atoms with Crippen molar-refractivity contribution in [1.29, 1.82) is 0 Å². The first kappa shape index (κ1) is 15.0. The summed E-state index contributed by atoms with van der Waals surface area (Å²) in [5.41, 5.74) is -0.262. The first-order chi connectivity index (χ1) is 9.43. The van der Waals surface area contributed by atoms with Gasteiger partial charge >= 0.3 is 5.97 Å². The quantitative estimate of drug-likeness (QED) is 0.863. The van der Waals surface area contributed by atoms with Gasteiger partial charge in [-0.1, -0.05) is 26.7 Å². The maximum atomic E-state index is 12.6. The topological polar surface area (TPSA) is 66.4 Å². The van der Waals surface area contributed by atoms with Gasteiger partial charge < -0.3 is 10.4 Å². The highest BCUT2D eigenvalue weighted by Crippen LogP contribution is 2.44. The Morgan fingerprint density at radius 3 is 2.50 bits per heavy atom. The third-order valence-electron chi connectivity index (χ3n) is 3.89. The summed E-state index contributed by atoms with van der Waals surface area (Å²) >= 11 is 1.11. The summed E-state index contributed by atoms with van der Waals surface area (Å²) in [4.78, 5) is 23.7. The van der Waals surface area contributed by atoms with Gasteiger partial charge in [0.2, 0.25) is 5.91 Å². The minimum Gasteiger partial charge on any atom is -0.477 e. The molecule has 2 rings (SSSR count). The molecule has 2 N–H and O–H groups in total. The number of rotatable bonds is 5. The van der Waals surface area contributed by atoms with Crippen molar-refractivity contribution in [3.63, 3.8) is 0 Å². The highest BCUT2D eigenvalue weighted by molar-refractivity contribution is 7.18. The molecule has 1 aliphatic rings. The number of carboxylic acids is 1. The van der Waals surface area contributed by atoms with Crippen LogP contribution in [0.25, 0.3) is 0 Å². The molecule has 1 aliphatic carbocycles. The molecular formula is C15H21NO3S. The zero-order valence-corrected chi connectivity index (χ0v) is 12.8. The first-order valence-electron chi connectivity index (χ1n) is 7.07. The Balaban J connectivity index is 2.10. The van der Waals surface area contributed by atoms with Gasteiger partial charge in [0.25, 0.3) is 0 Å². The average molecular weight is 295 g/mol. The van der Waals surface area contributed by atoms with Crippen molar-refractivity contribution >= 4 is 28.2 Å². The molecule has 110 valence electrons. The second kappa shape index (κ2) is 5.95. The Hall–Kier alpha value is -1.36. The van der Waals surface area contributed by atoms with Crippen molar-refractivity contribution in [3.8, 4) is 0 Å². The number of hydrogen-bond acceptors (Lipinski definition) is 3. The average Bonchev–Trinajstić information content (AvgIpc) is 2.98. The molecule has 1 fully saturated rings. The zero-order chi connectivity index (χ0) is 14.8. The van der Waals surface area contributed by atoms with E-state index in [4.69, 9.17) is 5.11 Å². The van der Waals surface area contributed by atoms with Crippen LogP contribution in [0, 0.1) is 11.3 Å². The molecule has 1 aromatic heterocycles. The lowest BCUT2D eigenvalue weighted by molar-refractivity contribution is -0.126. The van der Waals surface area contributed by atoms with Gasteiger partial charge in [-0.2, -0.15) is 0 Å². The number of hydrogen-bond donors (Lipinski definition) is 2. The fourth-order valence-electron chi connectivity index (χ4n) is 3.12. The normalized spacial score (nSPS) is 17.4. The monoisotopic (exact) mass is 295 g/mol. The molecule has 4 nitrogen and oxygen atoms in total. The van der Waals surface area contributed by atoms with E-state index in [1.165, 1.54) is 6.07 Å². The van der Waals surface area contributed by atoms with E-state index in [0.717, 1.165) is 43.4 Å². The molecule has 0 aromatic carbocycles. The van der Waals surface area contributed by atoms with Gasteiger partial charge in [0.05, 0.1) is 5.00 Å². The van der Waals surface area contributed by atoms with Crippen molar-refractivity contribution in [2.24, 2.45) is 11.3 Å². The van der Waals surface area contributed by atoms with Crippen LogP contribution in [-0.4, -0.2) is 17.0 Å². The predicted octanol–water partition coefficient (Wildman–Crippen LogP) is 3.99. The fourth-order valence-corrected chi connectivity index (χ4v) is 3.86. The largest absolute Gasteiger partial charge is 0.477 e. The summed E-state index contributed by atoms with van der Waals surface area (Å²) in [6.45, 7) is 4.28. The predicted molar refractivity (Wildman–Crippen MR) is 80.3 cm³/mol. The number of anilines is 1. The van der Waals surface area contributed by atoms with E-state index < -0.39 is 5.97 Å². The lowest BCUT2D eigenvalue weighted by atomic mass is 9.78. The molecule has 1 amide bonds. The van der Waals surface area contributed by atoms with Gasteiger partial charge in [-0.15, -0.1) is 11.3 Å². The third-order valence-corrected chi connectivity index (χ3v) is 4.88. The SMILES string of the molecule is CC(C)CC1(C(=O)Nc2ccc(C(=O)O)s2)CCCC1. The van der Waals surface area contributed by atoms with E-state index in [9.17, 15) is 9.59 Å². The van der Waals surface area contributed by atoms with Crippen LogP contribution in [0.15, 0.2) is 12.1 Å². The van der Waals surface area contributed by atoms with Crippen LogP contribution in [-0.2, 0) is 4.79 Å². The summed E-state index contributed by atoms with van der Waals surface area (Å²) in [6.07, 6.45) is 4.98. The van der Waals surface area contributed by atoms with Crippen molar-refractivity contribution in [3.05, 3.63) is 17.0 Å². The Morgan fingerprint density at radius 2 is 2.00 bits per heavy atom. The number of nitrogens with one attached hydrogen (secondary N) is 1. The lowest BCUT2D eigenvalue weighted by Gasteiger charge is -2.29. The van der Waals surface area contributed by atoms with Crippen LogP contribution in [0.2, 0.25) is 0 Å². The van der Waals surface area contributed by atoms with Gasteiger partial charge in [-0.25, -0.2) is 4.79 Å². The molecule has 0 unspecified atom stereocenters. The summed E-state index contributed by atoms with van der Waals surface area (Å²) in [5.74, 6) is -0.410. The second-order valence-electron chi connectivity index (χ2n) is 6.01. The van der Waals surface area contributed by atoms with E-state index in [-0.39, 0.29) is 16.2 Å². The maximum absolute atomic E-state index is 12.6. The molecule has 1 saturated carbocycles. The molecule has 20 heavy (non-hydrogen) atoms. The number of amides is 1. The zero-order valence-electron chi connectivity index (χ0n) is 11.9. The third kappa shape index (κ3) is 3.20. The van der Waals surface area contributed by atoms with Gasteiger partial charge in [0.1, 0.15) is 4.88 Å². The molecule has 1 aromatic rings. The van der Waals surface area contributed by atoms with Gasteiger partial charge in [0, 0.05) is 5.41 Å². The lowest BCUT2D eigenvalue weighted by Crippen LogP contribution is -2.34. The Labute approximate surface area is 123 Å². The fraction of sp³-hybridized carbons (Fsp3) is 0.600. The number of carboxylic acid groups (broad SMARTS) is 1. The molecule has 1 heterocycles. The molecular weight excluding hydrogens is 274 g/mol. The number of aromatic carboxylic acids is 1. The highest BCUT2D eigenvalue weighted by atomic mass is 32.1. The van der Waals surface area contributed by atoms with Crippen LogP contribution in [0.5, 0.6) is 0 Å². The molecule has 0 atom stereocenters. The van der Waals surface area contributed by atoms with Crippen LogP contribution in [0.1, 0.15) is 55.6 Å². The molecule has 0 spiro atoms. The van der Waals surface area contributed by atoms with E-state index in [1.54, 1.807) is 6.07 Å². The van der Waals surface area contributed by atoms with Gasteiger partial charge in [-0.3, -0.25) is 4.79 Å². The number of thiophene rings is 1. The number of carbonyl (C=O) groups excluding carboxylic acids is 1. The molecule has 0 radical (unpaired) electrons. The summed E-state index contributed by atoms with van der Waals surface area (Å²) in [6, 6.07) is 3.20. The smallest absolute Gasteiger partial charge is 0.345 e. The van der Waals surface area contributed by atoms with Crippen LogP contribution in [0.3, 0.4) is 0 Å². The standard InChI is InChI=1S/C15H21NO3S/c1-10(2)9-15(7-3-4-8-15)14(19)16-12-6-5-11(20-12)13(17)18/h5-6,10H,3-4,7-9H2,1-2H3,(H,16,19)(H,17,18).